The van der Waals surface area contributed by atoms with E-state index in [1.807, 2.05) is 37.3 Å². The van der Waals surface area contributed by atoms with Crippen LogP contribution in [0.5, 0.6) is 0 Å². The molecule has 1 aromatic rings. The van der Waals surface area contributed by atoms with E-state index >= 15 is 0 Å². The predicted octanol–water partition coefficient (Wildman–Crippen LogP) is 4.04. The molecule has 4 nitrogen and oxygen atoms in total. The lowest BCUT2D eigenvalue weighted by molar-refractivity contribution is -0.169. The van der Waals surface area contributed by atoms with Crippen LogP contribution in [0.15, 0.2) is 30.3 Å². The summed E-state index contributed by atoms with van der Waals surface area (Å²) in [6, 6.07) is 9.58. The number of likely N-dealkylation sites (N-methyl/N-ethyl adjacent to an activating group) is 1. The van der Waals surface area contributed by atoms with Gasteiger partial charge in [0.25, 0.3) is 5.91 Å². The Balaban J connectivity index is 1.42. The third-order valence-corrected chi connectivity index (χ3v) is 6.79. The summed E-state index contributed by atoms with van der Waals surface area (Å²) in [5.41, 5.74) is 0.845. The molecule has 5 rings (SSSR count). The quantitative estimate of drug-likeness (QED) is 0.749. The van der Waals surface area contributed by atoms with Gasteiger partial charge in [-0.2, -0.15) is 0 Å². The molecule has 0 radical (unpaired) electrons. The van der Waals surface area contributed by atoms with Gasteiger partial charge in [0.05, 0.1) is 5.92 Å². The molecule has 0 N–H and O–H groups in total. The molecule has 4 aliphatic rings. The number of hydrogen-bond donors (Lipinski definition) is 0. The molecule has 140 valence electrons. The molecular formula is C22H29NO3. The maximum atomic E-state index is 12.9. The minimum Gasteiger partial charge on any atom is -0.452 e. The van der Waals surface area contributed by atoms with Crippen molar-refractivity contribution in [1.82, 2.24) is 0 Å². The summed E-state index contributed by atoms with van der Waals surface area (Å²) < 4.78 is 5.71. The zero-order valence-corrected chi connectivity index (χ0v) is 15.8. The molecule has 4 fully saturated rings. The minimum absolute atomic E-state index is 0.0184. The maximum Gasteiger partial charge on any atom is 0.310 e. The fourth-order valence-corrected chi connectivity index (χ4v) is 5.91. The van der Waals surface area contributed by atoms with Crippen LogP contribution < -0.4 is 4.90 Å². The highest BCUT2D eigenvalue weighted by Gasteiger charge is 2.51. The van der Waals surface area contributed by atoms with E-state index in [-0.39, 0.29) is 17.8 Å². The molecule has 1 aromatic carbocycles. The lowest BCUT2D eigenvalue weighted by Gasteiger charge is -2.53. The molecule has 4 saturated carbocycles. The van der Waals surface area contributed by atoms with Crippen molar-refractivity contribution in [2.75, 3.05) is 11.4 Å². The average molecular weight is 355 g/mol. The molecular weight excluding hydrogens is 326 g/mol. The number of anilines is 1. The van der Waals surface area contributed by atoms with E-state index in [1.165, 1.54) is 32.1 Å². The lowest BCUT2D eigenvalue weighted by Crippen LogP contribution is -2.49. The second kappa shape index (κ2) is 7.05. The Bertz CT molecular complexity index is 643. The van der Waals surface area contributed by atoms with Crippen LogP contribution in [0, 0.1) is 29.6 Å². The lowest BCUT2D eigenvalue weighted by atomic mass is 9.52. The third kappa shape index (κ3) is 3.15. The van der Waals surface area contributed by atoms with Gasteiger partial charge in [0.1, 0.15) is 0 Å². The summed E-state index contributed by atoms with van der Waals surface area (Å²) in [6.45, 7) is 4.21. The second-order valence-electron chi connectivity index (χ2n) is 8.45. The summed E-state index contributed by atoms with van der Waals surface area (Å²) in [4.78, 5) is 27.4. The highest BCUT2D eigenvalue weighted by atomic mass is 16.5. The molecule has 1 atom stereocenters. The molecule has 0 spiro atoms. The first-order chi connectivity index (χ1) is 12.6. The molecule has 0 aromatic heterocycles. The van der Waals surface area contributed by atoms with E-state index in [9.17, 15) is 9.59 Å². The van der Waals surface area contributed by atoms with Crippen LogP contribution in [0.2, 0.25) is 0 Å². The number of hydrogen-bond acceptors (Lipinski definition) is 3. The Morgan fingerprint density at radius 1 is 1.04 bits per heavy atom. The summed E-state index contributed by atoms with van der Waals surface area (Å²) in [6.07, 6.45) is 5.35. The van der Waals surface area contributed by atoms with Crippen LogP contribution in [0.25, 0.3) is 0 Å². The van der Waals surface area contributed by atoms with Crippen molar-refractivity contribution in [3.05, 3.63) is 30.3 Å². The number of rotatable bonds is 5. The summed E-state index contributed by atoms with van der Waals surface area (Å²) in [5, 5.41) is 0. The van der Waals surface area contributed by atoms with Gasteiger partial charge >= 0.3 is 5.97 Å². The normalized spacial score (nSPS) is 32.9. The number of benzene rings is 1. The van der Waals surface area contributed by atoms with Gasteiger partial charge in [-0.05, 0) is 81.8 Å². The number of amides is 1. The second-order valence-corrected chi connectivity index (χ2v) is 8.45. The first-order valence-corrected chi connectivity index (χ1v) is 10.1. The number of ether oxygens (including phenoxy) is 1. The minimum atomic E-state index is -0.736. The topological polar surface area (TPSA) is 46.6 Å². The van der Waals surface area contributed by atoms with E-state index in [0.29, 0.717) is 18.4 Å². The van der Waals surface area contributed by atoms with Crippen molar-refractivity contribution in [3.8, 4) is 0 Å². The van der Waals surface area contributed by atoms with Crippen molar-refractivity contribution in [2.45, 2.75) is 52.1 Å². The zero-order chi connectivity index (χ0) is 18.3. The van der Waals surface area contributed by atoms with Crippen molar-refractivity contribution >= 4 is 17.6 Å². The first-order valence-electron chi connectivity index (χ1n) is 10.1. The first kappa shape index (κ1) is 17.6. The summed E-state index contributed by atoms with van der Waals surface area (Å²) in [5.74, 6) is 2.36. The molecule has 26 heavy (non-hydrogen) atoms. The largest absolute Gasteiger partial charge is 0.452 e. The molecule has 0 heterocycles. The monoisotopic (exact) mass is 355 g/mol. The Kier molecular flexibility index (Phi) is 4.76. The van der Waals surface area contributed by atoms with Crippen LogP contribution in [0.3, 0.4) is 0 Å². The van der Waals surface area contributed by atoms with E-state index < -0.39 is 6.10 Å². The van der Waals surface area contributed by atoms with Gasteiger partial charge in [-0.3, -0.25) is 9.59 Å². The highest BCUT2D eigenvalue weighted by molar-refractivity contribution is 5.97. The van der Waals surface area contributed by atoms with E-state index in [1.54, 1.807) is 11.8 Å². The predicted molar refractivity (Wildman–Crippen MR) is 101 cm³/mol. The summed E-state index contributed by atoms with van der Waals surface area (Å²) in [7, 11) is 0. The van der Waals surface area contributed by atoms with Crippen LogP contribution >= 0.6 is 0 Å². The molecule has 4 heteroatoms. The average Bonchev–Trinajstić information content (AvgIpc) is 2.62. The van der Waals surface area contributed by atoms with Gasteiger partial charge < -0.3 is 9.64 Å². The van der Waals surface area contributed by atoms with E-state index in [4.69, 9.17) is 4.74 Å². The number of carbonyl (C=O) groups excluding carboxylic acids is 2. The fourth-order valence-electron chi connectivity index (χ4n) is 5.91. The Labute approximate surface area is 155 Å². The van der Waals surface area contributed by atoms with Crippen LogP contribution in [0.4, 0.5) is 5.69 Å². The van der Waals surface area contributed by atoms with Crippen LogP contribution in [0.1, 0.15) is 46.0 Å². The number of nitrogens with zero attached hydrogens (tertiary/aromatic N) is 1. The molecule has 0 unspecified atom stereocenters. The maximum absolute atomic E-state index is 12.9. The van der Waals surface area contributed by atoms with Gasteiger partial charge in [0, 0.05) is 12.2 Å². The molecule has 0 saturated heterocycles. The number of esters is 1. The fraction of sp³-hybridized carbons (Fsp3) is 0.636. The third-order valence-electron chi connectivity index (χ3n) is 6.79. The molecule has 4 aliphatic carbocycles. The van der Waals surface area contributed by atoms with Crippen molar-refractivity contribution < 1.29 is 14.3 Å². The number of carbonyl (C=O) groups is 2. The Morgan fingerprint density at radius 2 is 1.62 bits per heavy atom. The van der Waals surface area contributed by atoms with Gasteiger partial charge in [-0.1, -0.05) is 18.2 Å². The molecule has 0 aliphatic heterocycles. The summed E-state index contributed by atoms with van der Waals surface area (Å²) >= 11 is 0. The van der Waals surface area contributed by atoms with Gasteiger partial charge in [-0.25, -0.2) is 0 Å². The highest BCUT2D eigenvalue weighted by Crippen LogP contribution is 2.56. The van der Waals surface area contributed by atoms with Crippen LogP contribution in [-0.4, -0.2) is 24.5 Å². The zero-order valence-electron chi connectivity index (χ0n) is 15.8. The smallest absolute Gasteiger partial charge is 0.310 e. The molecule has 1 amide bonds. The molecule has 4 bridgehead atoms. The van der Waals surface area contributed by atoms with Crippen molar-refractivity contribution in [1.29, 1.82) is 0 Å². The van der Waals surface area contributed by atoms with Crippen molar-refractivity contribution in [2.24, 2.45) is 29.6 Å². The van der Waals surface area contributed by atoms with Crippen molar-refractivity contribution in [3.63, 3.8) is 0 Å². The number of para-hydroxylation sites is 1. The van der Waals surface area contributed by atoms with E-state index in [2.05, 4.69) is 0 Å². The Hall–Kier alpha value is -1.84. The van der Waals surface area contributed by atoms with Gasteiger partial charge in [0.15, 0.2) is 6.10 Å². The van der Waals surface area contributed by atoms with E-state index in [0.717, 1.165) is 17.5 Å². The van der Waals surface area contributed by atoms with Gasteiger partial charge in [0.2, 0.25) is 0 Å². The standard InChI is InChI=1S/C22H29NO3/c1-3-23(19-7-5-4-6-8-19)21(24)14(2)26-22(25)20-17-10-15-9-16(12-17)13-18(20)11-15/h4-8,14-18,20H,3,9-13H2,1-2H3/t14-,15?,16?,17?,18?,20?/m1/s1. The SMILES string of the molecule is CCN(C(=O)[C@@H](C)OC(=O)C1C2CC3CC(C2)CC1C3)c1ccccc1. The Morgan fingerprint density at radius 3 is 2.15 bits per heavy atom. The van der Waals surface area contributed by atoms with Crippen LogP contribution in [-0.2, 0) is 14.3 Å². The van der Waals surface area contributed by atoms with Gasteiger partial charge in [-0.15, -0.1) is 0 Å².